The summed E-state index contributed by atoms with van der Waals surface area (Å²) in [6.45, 7) is 4.06. The van der Waals surface area contributed by atoms with E-state index in [0.717, 1.165) is 0 Å². The molecule has 0 heterocycles. The Bertz CT molecular complexity index is 515. The third kappa shape index (κ3) is 4.37. The standard InChI is InChI=1S/C15H21NO5/c1-5-21-12-7-6-11(8-13(12)20-4)14(17)16(3)9-10(2)15(18)19/h6-8,10H,5,9H2,1-4H3,(H,18,19). The van der Waals surface area contributed by atoms with Gasteiger partial charge < -0.3 is 19.5 Å². The molecule has 1 aromatic rings. The molecule has 0 saturated carbocycles. The minimum Gasteiger partial charge on any atom is -0.493 e. The molecule has 1 N–H and O–H groups in total. The number of carboxylic acid groups (broad SMARTS) is 1. The Hall–Kier alpha value is -2.24. The van der Waals surface area contributed by atoms with Crippen molar-refractivity contribution in [2.45, 2.75) is 13.8 Å². The third-order valence-corrected chi connectivity index (χ3v) is 3.03. The van der Waals surface area contributed by atoms with Crippen molar-refractivity contribution in [1.29, 1.82) is 0 Å². The van der Waals surface area contributed by atoms with E-state index in [0.29, 0.717) is 23.7 Å². The lowest BCUT2D eigenvalue weighted by atomic mass is 10.1. The normalized spacial score (nSPS) is 11.6. The van der Waals surface area contributed by atoms with Gasteiger partial charge in [0.05, 0.1) is 19.6 Å². The average Bonchev–Trinajstić information content (AvgIpc) is 2.46. The maximum atomic E-state index is 12.3. The van der Waals surface area contributed by atoms with Crippen LogP contribution >= 0.6 is 0 Å². The van der Waals surface area contributed by atoms with Gasteiger partial charge in [-0.2, -0.15) is 0 Å². The Morgan fingerprint density at radius 2 is 2.00 bits per heavy atom. The maximum Gasteiger partial charge on any atom is 0.308 e. The predicted octanol–water partition coefficient (Wildman–Crippen LogP) is 1.89. The van der Waals surface area contributed by atoms with Gasteiger partial charge in [0.25, 0.3) is 5.91 Å². The van der Waals surface area contributed by atoms with Crippen LogP contribution in [-0.2, 0) is 4.79 Å². The molecule has 6 heteroatoms. The second kappa shape index (κ2) is 7.52. The lowest BCUT2D eigenvalue weighted by Crippen LogP contribution is -2.33. The molecule has 0 bridgehead atoms. The number of rotatable bonds is 7. The molecule has 0 aliphatic rings. The van der Waals surface area contributed by atoms with Crippen LogP contribution in [-0.4, -0.2) is 49.2 Å². The molecule has 0 saturated heterocycles. The summed E-state index contributed by atoms with van der Waals surface area (Å²) in [4.78, 5) is 24.5. The Kier molecular flexibility index (Phi) is 6.02. The summed E-state index contributed by atoms with van der Waals surface area (Å²) < 4.78 is 10.6. The smallest absolute Gasteiger partial charge is 0.308 e. The molecule has 0 aromatic heterocycles. The van der Waals surface area contributed by atoms with Gasteiger partial charge in [-0.25, -0.2) is 0 Å². The van der Waals surface area contributed by atoms with Crippen LogP contribution in [0.1, 0.15) is 24.2 Å². The van der Waals surface area contributed by atoms with E-state index in [2.05, 4.69) is 0 Å². The molecule has 116 valence electrons. The first-order valence-corrected chi connectivity index (χ1v) is 6.69. The number of hydrogen-bond acceptors (Lipinski definition) is 4. The summed E-state index contributed by atoms with van der Waals surface area (Å²) in [6.07, 6.45) is 0. The van der Waals surface area contributed by atoms with Crippen LogP contribution < -0.4 is 9.47 Å². The number of benzene rings is 1. The first kappa shape index (κ1) is 16.8. The van der Waals surface area contributed by atoms with E-state index in [1.807, 2.05) is 6.92 Å². The molecule has 0 aliphatic carbocycles. The van der Waals surface area contributed by atoms with Crippen molar-refractivity contribution in [3.63, 3.8) is 0 Å². The molecule has 1 unspecified atom stereocenters. The number of carbonyl (C=O) groups excluding carboxylic acids is 1. The molecule has 0 spiro atoms. The van der Waals surface area contributed by atoms with Crippen molar-refractivity contribution < 1.29 is 24.2 Å². The number of hydrogen-bond donors (Lipinski definition) is 1. The molecule has 6 nitrogen and oxygen atoms in total. The van der Waals surface area contributed by atoms with Crippen molar-refractivity contribution in [2.75, 3.05) is 27.3 Å². The van der Waals surface area contributed by atoms with Crippen LogP contribution in [0.15, 0.2) is 18.2 Å². The fourth-order valence-corrected chi connectivity index (χ4v) is 1.87. The zero-order valence-corrected chi connectivity index (χ0v) is 12.8. The summed E-state index contributed by atoms with van der Waals surface area (Å²) in [5.74, 6) is -0.771. The highest BCUT2D eigenvalue weighted by molar-refractivity contribution is 5.95. The van der Waals surface area contributed by atoms with Gasteiger partial charge in [-0.05, 0) is 25.1 Å². The van der Waals surface area contributed by atoms with Gasteiger partial charge in [-0.15, -0.1) is 0 Å². The van der Waals surface area contributed by atoms with E-state index in [1.165, 1.54) is 12.0 Å². The lowest BCUT2D eigenvalue weighted by Gasteiger charge is -2.20. The van der Waals surface area contributed by atoms with Crippen LogP contribution in [0.25, 0.3) is 0 Å². The Morgan fingerprint density at radius 3 is 2.52 bits per heavy atom. The van der Waals surface area contributed by atoms with Crippen LogP contribution in [0, 0.1) is 5.92 Å². The number of carboxylic acids is 1. The summed E-state index contributed by atoms with van der Waals surface area (Å²) in [6, 6.07) is 4.90. The number of nitrogens with zero attached hydrogens (tertiary/aromatic N) is 1. The number of ether oxygens (including phenoxy) is 2. The second-order valence-corrected chi connectivity index (χ2v) is 4.72. The second-order valence-electron chi connectivity index (χ2n) is 4.72. The van der Waals surface area contributed by atoms with Crippen molar-refractivity contribution in [1.82, 2.24) is 4.90 Å². The van der Waals surface area contributed by atoms with Gasteiger partial charge in [0, 0.05) is 19.2 Å². The van der Waals surface area contributed by atoms with Crippen molar-refractivity contribution in [3.05, 3.63) is 23.8 Å². The van der Waals surface area contributed by atoms with E-state index in [1.54, 1.807) is 32.2 Å². The molecule has 1 atom stereocenters. The SMILES string of the molecule is CCOc1ccc(C(=O)N(C)CC(C)C(=O)O)cc1OC. The largest absolute Gasteiger partial charge is 0.493 e. The fraction of sp³-hybridized carbons (Fsp3) is 0.467. The van der Waals surface area contributed by atoms with Gasteiger partial charge in [0.15, 0.2) is 11.5 Å². The average molecular weight is 295 g/mol. The first-order valence-electron chi connectivity index (χ1n) is 6.69. The Balaban J connectivity index is 2.89. The molecule has 21 heavy (non-hydrogen) atoms. The number of methoxy groups -OCH3 is 1. The van der Waals surface area contributed by atoms with Gasteiger partial charge in [-0.3, -0.25) is 9.59 Å². The molecular weight excluding hydrogens is 274 g/mol. The van der Waals surface area contributed by atoms with Crippen LogP contribution in [0.2, 0.25) is 0 Å². The van der Waals surface area contributed by atoms with Crippen LogP contribution in [0.3, 0.4) is 0 Å². The fourth-order valence-electron chi connectivity index (χ4n) is 1.87. The Morgan fingerprint density at radius 1 is 1.33 bits per heavy atom. The molecule has 0 radical (unpaired) electrons. The van der Waals surface area contributed by atoms with E-state index >= 15 is 0 Å². The summed E-state index contributed by atoms with van der Waals surface area (Å²) in [5, 5.41) is 8.89. The molecule has 1 amide bonds. The molecule has 1 aromatic carbocycles. The highest BCUT2D eigenvalue weighted by atomic mass is 16.5. The van der Waals surface area contributed by atoms with Crippen molar-refractivity contribution in [3.8, 4) is 11.5 Å². The van der Waals surface area contributed by atoms with Crippen molar-refractivity contribution >= 4 is 11.9 Å². The number of carbonyl (C=O) groups is 2. The van der Waals surface area contributed by atoms with Crippen LogP contribution in [0.5, 0.6) is 11.5 Å². The van der Waals surface area contributed by atoms with Crippen molar-refractivity contribution in [2.24, 2.45) is 5.92 Å². The molecular formula is C15H21NO5. The lowest BCUT2D eigenvalue weighted by molar-refractivity contribution is -0.141. The van der Waals surface area contributed by atoms with Gasteiger partial charge in [0.2, 0.25) is 0 Å². The molecule has 0 fully saturated rings. The Labute approximate surface area is 124 Å². The monoisotopic (exact) mass is 295 g/mol. The number of amides is 1. The van der Waals surface area contributed by atoms with Crippen LogP contribution in [0.4, 0.5) is 0 Å². The molecule has 0 aliphatic heterocycles. The summed E-state index contributed by atoms with van der Waals surface area (Å²) >= 11 is 0. The highest BCUT2D eigenvalue weighted by Gasteiger charge is 2.19. The zero-order chi connectivity index (χ0) is 16.0. The van der Waals surface area contributed by atoms with Gasteiger partial charge in [-0.1, -0.05) is 6.92 Å². The summed E-state index contributed by atoms with van der Waals surface area (Å²) in [5.41, 5.74) is 0.426. The highest BCUT2D eigenvalue weighted by Crippen LogP contribution is 2.28. The van der Waals surface area contributed by atoms with Gasteiger partial charge >= 0.3 is 5.97 Å². The quantitative estimate of drug-likeness (QED) is 0.831. The minimum atomic E-state index is -0.932. The third-order valence-electron chi connectivity index (χ3n) is 3.03. The van der Waals surface area contributed by atoms with E-state index < -0.39 is 11.9 Å². The predicted molar refractivity (Wildman–Crippen MR) is 77.9 cm³/mol. The zero-order valence-electron chi connectivity index (χ0n) is 12.8. The first-order chi connectivity index (χ1) is 9.90. The molecule has 1 rings (SSSR count). The topological polar surface area (TPSA) is 76.1 Å². The van der Waals surface area contributed by atoms with E-state index in [9.17, 15) is 9.59 Å². The van der Waals surface area contributed by atoms with E-state index in [-0.39, 0.29) is 12.5 Å². The minimum absolute atomic E-state index is 0.143. The van der Waals surface area contributed by atoms with E-state index in [4.69, 9.17) is 14.6 Å². The maximum absolute atomic E-state index is 12.3. The van der Waals surface area contributed by atoms with Gasteiger partial charge in [0.1, 0.15) is 0 Å². The summed E-state index contributed by atoms with van der Waals surface area (Å²) in [7, 11) is 3.08. The number of aliphatic carboxylic acids is 1.